The van der Waals surface area contributed by atoms with Gasteiger partial charge in [0, 0.05) is 17.9 Å². The van der Waals surface area contributed by atoms with Crippen LogP contribution in [0.4, 0.5) is 0 Å². The van der Waals surface area contributed by atoms with Gasteiger partial charge in [-0.3, -0.25) is 0 Å². The van der Waals surface area contributed by atoms with Gasteiger partial charge in [0.1, 0.15) is 0 Å². The molecule has 1 aliphatic heterocycles. The predicted molar refractivity (Wildman–Crippen MR) is 157 cm³/mol. The Morgan fingerprint density at radius 1 is 0.649 bits per heavy atom. The Morgan fingerprint density at radius 2 is 1.05 bits per heavy atom. The first-order valence-electron chi connectivity index (χ1n) is 13.2. The fraction of sp³-hybridized carbons (Fsp3) is 0.294. The van der Waals surface area contributed by atoms with Gasteiger partial charge in [0.05, 0.1) is 6.61 Å². The molecular formula is C34H38ClNO. The molecule has 0 N–H and O–H groups in total. The van der Waals surface area contributed by atoms with Gasteiger partial charge >= 0.3 is 0 Å². The molecule has 0 aromatic heterocycles. The standard InChI is InChI=1S/C34H37NO.ClH/c1-36-28-33(29-14-6-2-7-15-29)22-25-35(26-23-33)27-24-34(30-16-8-3-9-17-30,31-18-10-4-11-19-31)32-20-12-5-13-21-32;/h2-21H,22-28H2,1H3;1H. The topological polar surface area (TPSA) is 12.5 Å². The van der Waals surface area contributed by atoms with E-state index in [4.69, 9.17) is 4.74 Å². The number of halogens is 1. The zero-order chi connectivity index (χ0) is 24.7. The summed E-state index contributed by atoms with van der Waals surface area (Å²) in [6, 6.07) is 44.2. The number of rotatable bonds is 9. The minimum Gasteiger partial charge on any atom is -0.384 e. The van der Waals surface area contributed by atoms with E-state index in [9.17, 15) is 0 Å². The molecule has 192 valence electrons. The molecule has 37 heavy (non-hydrogen) atoms. The first-order valence-corrected chi connectivity index (χ1v) is 13.2. The Kier molecular flexibility index (Phi) is 9.21. The van der Waals surface area contributed by atoms with Crippen molar-refractivity contribution in [3.8, 4) is 0 Å². The third-order valence-corrected chi connectivity index (χ3v) is 8.22. The van der Waals surface area contributed by atoms with Crippen LogP contribution in [-0.2, 0) is 15.6 Å². The third-order valence-electron chi connectivity index (χ3n) is 8.22. The summed E-state index contributed by atoms with van der Waals surface area (Å²) in [5, 5.41) is 0. The molecular weight excluding hydrogens is 474 g/mol. The minimum atomic E-state index is -0.190. The maximum absolute atomic E-state index is 5.74. The van der Waals surface area contributed by atoms with Crippen molar-refractivity contribution in [1.82, 2.24) is 4.90 Å². The molecule has 2 nitrogen and oxygen atoms in total. The lowest BCUT2D eigenvalue weighted by Crippen LogP contribution is -2.46. The summed E-state index contributed by atoms with van der Waals surface area (Å²) < 4.78 is 5.74. The molecule has 0 unspecified atom stereocenters. The summed E-state index contributed by atoms with van der Waals surface area (Å²) in [6.07, 6.45) is 3.29. The molecule has 4 aromatic carbocycles. The van der Waals surface area contributed by atoms with Crippen LogP contribution < -0.4 is 0 Å². The average molecular weight is 512 g/mol. The second-order valence-corrected chi connectivity index (χ2v) is 10.2. The van der Waals surface area contributed by atoms with Crippen LogP contribution in [0.15, 0.2) is 121 Å². The Balaban J connectivity index is 0.00000320. The highest BCUT2D eigenvalue weighted by molar-refractivity contribution is 5.85. The largest absolute Gasteiger partial charge is 0.384 e. The van der Waals surface area contributed by atoms with Gasteiger partial charge in [0.25, 0.3) is 0 Å². The second kappa shape index (κ2) is 12.6. The molecule has 0 bridgehead atoms. The SMILES string of the molecule is COCC1(c2ccccc2)CCN(CCC(c2ccccc2)(c2ccccc2)c2ccccc2)CC1.Cl. The van der Waals surface area contributed by atoms with E-state index in [2.05, 4.69) is 126 Å². The van der Waals surface area contributed by atoms with Crippen LogP contribution in [0, 0.1) is 0 Å². The quantitative estimate of drug-likeness (QED) is 0.215. The van der Waals surface area contributed by atoms with Crippen molar-refractivity contribution < 1.29 is 4.74 Å². The van der Waals surface area contributed by atoms with E-state index in [0.29, 0.717) is 0 Å². The molecule has 0 spiro atoms. The summed E-state index contributed by atoms with van der Waals surface area (Å²) in [7, 11) is 1.84. The zero-order valence-corrected chi connectivity index (χ0v) is 22.6. The van der Waals surface area contributed by atoms with Gasteiger partial charge in [0.2, 0.25) is 0 Å². The maximum Gasteiger partial charge on any atom is 0.0560 e. The highest BCUT2D eigenvalue weighted by Crippen LogP contribution is 2.43. The predicted octanol–water partition coefficient (Wildman–Crippen LogP) is 7.51. The van der Waals surface area contributed by atoms with Crippen LogP contribution in [0.25, 0.3) is 0 Å². The molecule has 1 heterocycles. The number of likely N-dealkylation sites (tertiary alicyclic amines) is 1. The Labute approximate surface area is 228 Å². The fourth-order valence-electron chi connectivity index (χ4n) is 6.22. The number of nitrogens with zero attached hydrogens (tertiary/aromatic N) is 1. The molecule has 0 amide bonds. The number of methoxy groups -OCH3 is 1. The van der Waals surface area contributed by atoms with Gasteiger partial charge in [-0.25, -0.2) is 0 Å². The van der Waals surface area contributed by atoms with E-state index in [1.807, 2.05) is 7.11 Å². The van der Waals surface area contributed by atoms with Crippen molar-refractivity contribution in [1.29, 1.82) is 0 Å². The van der Waals surface area contributed by atoms with Crippen LogP contribution in [0.3, 0.4) is 0 Å². The van der Waals surface area contributed by atoms with Crippen LogP contribution >= 0.6 is 12.4 Å². The summed E-state index contributed by atoms with van der Waals surface area (Å²) >= 11 is 0. The highest BCUT2D eigenvalue weighted by atomic mass is 35.5. The molecule has 0 atom stereocenters. The van der Waals surface area contributed by atoms with Gasteiger partial charge in [-0.15, -0.1) is 12.4 Å². The normalized spacial score (nSPS) is 15.6. The molecule has 3 heteroatoms. The van der Waals surface area contributed by atoms with Crippen LogP contribution in [0.1, 0.15) is 41.5 Å². The number of hydrogen-bond acceptors (Lipinski definition) is 2. The van der Waals surface area contributed by atoms with Crippen LogP contribution in [-0.4, -0.2) is 38.3 Å². The van der Waals surface area contributed by atoms with E-state index in [1.54, 1.807) is 0 Å². The lowest BCUT2D eigenvalue weighted by molar-refractivity contribution is 0.0710. The van der Waals surface area contributed by atoms with E-state index >= 15 is 0 Å². The molecule has 1 saturated heterocycles. The first-order chi connectivity index (χ1) is 17.8. The fourth-order valence-corrected chi connectivity index (χ4v) is 6.22. The number of benzene rings is 4. The van der Waals surface area contributed by atoms with E-state index < -0.39 is 0 Å². The molecule has 0 radical (unpaired) electrons. The maximum atomic E-state index is 5.74. The third kappa shape index (κ3) is 5.67. The highest BCUT2D eigenvalue weighted by Gasteiger charge is 2.39. The molecule has 0 aliphatic carbocycles. The summed E-state index contributed by atoms with van der Waals surface area (Å²) in [4.78, 5) is 2.67. The Hall–Kier alpha value is -2.91. The number of hydrogen-bond donors (Lipinski definition) is 0. The summed E-state index contributed by atoms with van der Waals surface area (Å²) in [5.41, 5.74) is 5.41. The first kappa shape index (κ1) is 27.1. The van der Waals surface area contributed by atoms with Gasteiger partial charge in [-0.05, 0) is 61.2 Å². The zero-order valence-electron chi connectivity index (χ0n) is 21.8. The minimum absolute atomic E-state index is 0. The molecule has 5 rings (SSSR count). The lowest BCUT2D eigenvalue weighted by Gasteiger charge is -2.43. The second-order valence-electron chi connectivity index (χ2n) is 10.2. The van der Waals surface area contributed by atoms with Gasteiger partial charge < -0.3 is 9.64 Å². The average Bonchev–Trinajstić information content (AvgIpc) is 2.97. The lowest BCUT2D eigenvalue weighted by atomic mass is 9.67. The number of ether oxygens (including phenoxy) is 1. The smallest absolute Gasteiger partial charge is 0.0560 e. The molecule has 1 aliphatic rings. The molecule has 0 saturated carbocycles. The van der Waals surface area contributed by atoms with Crippen molar-refractivity contribution in [2.45, 2.75) is 30.1 Å². The van der Waals surface area contributed by atoms with Crippen molar-refractivity contribution in [3.05, 3.63) is 144 Å². The van der Waals surface area contributed by atoms with Gasteiger partial charge in [-0.1, -0.05) is 121 Å². The molecule has 1 fully saturated rings. The summed E-state index contributed by atoms with van der Waals surface area (Å²) in [5.74, 6) is 0. The van der Waals surface area contributed by atoms with Crippen molar-refractivity contribution in [2.24, 2.45) is 0 Å². The van der Waals surface area contributed by atoms with Crippen LogP contribution in [0.2, 0.25) is 0 Å². The summed E-state index contributed by atoms with van der Waals surface area (Å²) in [6.45, 7) is 4.02. The van der Waals surface area contributed by atoms with Gasteiger partial charge in [-0.2, -0.15) is 0 Å². The monoisotopic (exact) mass is 511 g/mol. The van der Waals surface area contributed by atoms with E-state index in [1.165, 1.54) is 22.3 Å². The van der Waals surface area contributed by atoms with Crippen molar-refractivity contribution in [2.75, 3.05) is 33.4 Å². The number of piperidine rings is 1. The van der Waals surface area contributed by atoms with Gasteiger partial charge in [0.15, 0.2) is 0 Å². The Morgan fingerprint density at radius 3 is 1.46 bits per heavy atom. The Bertz CT molecular complexity index is 1090. The van der Waals surface area contributed by atoms with Crippen molar-refractivity contribution >= 4 is 12.4 Å². The van der Waals surface area contributed by atoms with E-state index in [-0.39, 0.29) is 23.2 Å². The van der Waals surface area contributed by atoms with E-state index in [0.717, 1.165) is 45.5 Å². The van der Waals surface area contributed by atoms with Crippen LogP contribution in [0.5, 0.6) is 0 Å². The van der Waals surface area contributed by atoms with Crippen molar-refractivity contribution in [3.63, 3.8) is 0 Å². The molecule has 4 aromatic rings.